The van der Waals surface area contributed by atoms with Gasteiger partial charge in [0, 0.05) is 11.3 Å². The Kier molecular flexibility index (Phi) is 6.08. The molecule has 1 N–H and O–H groups in total. The molecule has 4 rings (SSSR count). The van der Waals surface area contributed by atoms with Crippen LogP contribution in [0.25, 0.3) is 17.1 Å². The van der Waals surface area contributed by atoms with Crippen molar-refractivity contribution in [1.29, 1.82) is 0 Å². The van der Waals surface area contributed by atoms with Crippen molar-refractivity contribution < 1.29 is 18.7 Å². The van der Waals surface area contributed by atoms with Gasteiger partial charge in [0.25, 0.3) is 5.91 Å². The van der Waals surface area contributed by atoms with E-state index in [1.165, 1.54) is 18.0 Å². The predicted molar refractivity (Wildman–Crippen MR) is 114 cm³/mol. The number of imidazole rings is 1. The van der Waals surface area contributed by atoms with Crippen LogP contribution in [0, 0.1) is 0 Å². The molecular weight excluding hydrogens is 418 g/mol. The topological polar surface area (TPSA) is 112 Å². The first kappa shape index (κ1) is 20.4. The van der Waals surface area contributed by atoms with Crippen LogP contribution in [0.3, 0.4) is 0 Å². The number of nitrogens with one attached hydrogen (secondary N) is 1. The maximum Gasteiger partial charge on any atom is 0.357 e. The van der Waals surface area contributed by atoms with Gasteiger partial charge in [-0.05, 0) is 30.5 Å². The van der Waals surface area contributed by atoms with Crippen LogP contribution in [0.1, 0.15) is 10.5 Å². The minimum absolute atomic E-state index is 0.0844. The van der Waals surface area contributed by atoms with Crippen molar-refractivity contribution in [2.24, 2.45) is 0 Å². The number of para-hydroxylation sites is 1. The molecule has 2 aromatic carbocycles. The Labute approximate surface area is 181 Å². The number of amides is 1. The Hall–Kier alpha value is -3.92. The summed E-state index contributed by atoms with van der Waals surface area (Å²) in [4.78, 5) is 29.0. The number of aromatic nitrogens is 4. The van der Waals surface area contributed by atoms with Crippen LogP contribution < -0.4 is 5.32 Å². The highest BCUT2D eigenvalue weighted by Crippen LogP contribution is 2.22. The number of anilines is 1. The highest BCUT2D eigenvalue weighted by atomic mass is 32.2. The van der Waals surface area contributed by atoms with Crippen molar-refractivity contribution in [2.75, 3.05) is 18.2 Å². The van der Waals surface area contributed by atoms with E-state index < -0.39 is 18.5 Å². The summed E-state index contributed by atoms with van der Waals surface area (Å²) in [6.07, 6.45) is 3.28. The molecule has 2 heterocycles. The number of nitrogens with zero attached hydrogens (tertiary/aromatic N) is 4. The molecule has 0 saturated heterocycles. The average molecular weight is 435 g/mol. The van der Waals surface area contributed by atoms with Gasteiger partial charge in [-0.2, -0.15) is 0 Å². The Balaban J connectivity index is 1.40. The lowest BCUT2D eigenvalue weighted by atomic mass is 10.2. The minimum Gasteiger partial charge on any atom is -0.451 e. The van der Waals surface area contributed by atoms with Gasteiger partial charge in [0.05, 0.1) is 6.20 Å². The second-order valence-electron chi connectivity index (χ2n) is 6.20. The summed E-state index contributed by atoms with van der Waals surface area (Å²) in [6.45, 7) is -0.517. The second kappa shape index (κ2) is 9.26. The van der Waals surface area contributed by atoms with E-state index in [9.17, 15) is 9.59 Å². The van der Waals surface area contributed by atoms with Gasteiger partial charge in [0.1, 0.15) is 0 Å². The zero-order chi connectivity index (χ0) is 21.6. The predicted octanol–water partition coefficient (Wildman–Crippen LogP) is 3.44. The van der Waals surface area contributed by atoms with Crippen LogP contribution in [-0.4, -0.2) is 44.5 Å². The summed E-state index contributed by atoms with van der Waals surface area (Å²) < 4.78 is 12.3. The molecule has 0 aliphatic rings. The summed E-state index contributed by atoms with van der Waals surface area (Å²) in [7, 11) is 0. The molecule has 10 heteroatoms. The van der Waals surface area contributed by atoms with E-state index in [0.717, 1.165) is 11.3 Å². The molecule has 0 unspecified atom stereocenters. The number of hydrogen-bond acceptors (Lipinski definition) is 8. The maximum absolute atomic E-state index is 12.6. The van der Waals surface area contributed by atoms with Gasteiger partial charge in [-0.1, -0.05) is 53.3 Å². The third kappa shape index (κ3) is 4.64. The van der Waals surface area contributed by atoms with E-state index in [2.05, 4.69) is 20.5 Å². The van der Waals surface area contributed by atoms with Crippen molar-refractivity contribution in [2.45, 2.75) is 5.16 Å². The number of hydrogen-bond donors (Lipinski definition) is 1. The Morgan fingerprint density at radius 2 is 1.77 bits per heavy atom. The Bertz CT molecular complexity index is 1190. The van der Waals surface area contributed by atoms with Gasteiger partial charge < -0.3 is 9.15 Å². The molecule has 2 aromatic heterocycles. The molecule has 31 heavy (non-hydrogen) atoms. The molecule has 0 fully saturated rings. The molecular formula is C21H17N5O4S. The van der Waals surface area contributed by atoms with Crippen LogP contribution in [0.2, 0.25) is 0 Å². The Morgan fingerprint density at radius 1 is 1.06 bits per heavy atom. The summed E-state index contributed by atoms with van der Waals surface area (Å²) in [5.41, 5.74) is 1.70. The number of carbonyl (C=O) groups is 2. The number of ether oxygens (including phenoxy) is 1. The van der Waals surface area contributed by atoms with E-state index in [1.807, 2.05) is 54.8 Å². The quantitative estimate of drug-likeness (QED) is 0.347. The zero-order valence-corrected chi connectivity index (χ0v) is 17.2. The van der Waals surface area contributed by atoms with Crippen LogP contribution in [0.4, 0.5) is 6.01 Å². The second-order valence-corrected chi connectivity index (χ2v) is 6.98. The third-order valence-electron chi connectivity index (χ3n) is 4.16. The van der Waals surface area contributed by atoms with Gasteiger partial charge in [-0.3, -0.25) is 14.7 Å². The van der Waals surface area contributed by atoms with E-state index >= 15 is 0 Å². The molecule has 0 saturated carbocycles. The highest BCUT2D eigenvalue weighted by Gasteiger charge is 2.20. The summed E-state index contributed by atoms with van der Waals surface area (Å²) in [6, 6.07) is 18.4. The summed E-state index contributed by atoms with van der Waals surface area (Å²) in [5, 5.41) is 10.7. The monoisotopic (exact) mass is 435 g/mol. The van der Waals surface area contributed by atoms with E-state index in [-0.39, 0.29) is 17.6 Å². The SMILES string of the molecule is CSc1ncc(C(=O)OCC(=O)Nc2nnc(-c3ccccc3)o2)n1-c1ccccc1. The molecule has 0 spiro atoms. The highest BCUT2D eigenvalue weighted by molar-refractivity contribution is 7.98. The lowest BCUT2D eigenvalue weighted by Gasteiger charge is -2.10. The number of rotatable bonds is 7. The smallest absolute Gasteiger partial charge is 0.357 e. The van der Waals surface area contributed by atoms with Gasteiger partial charge in [0.15, 0.2) is 17.5 Å². The van der Waals surface area contributed by atoms with Crippen LogP contribution in [0.5, 0.6) is 0 Å². The summed E-state index contributed by atoms with van der Waals surface area (Å²) >= 11 is 1.39. The summed E-state index contributed by atoms with van der Waals surface area (Å²) in [5.74, 6) is -1.01. The molecule has 0 aliphatic carbocycles. The average Bonchev–Trinajstić information content (AvgIpc) is 3.46. The zero-order valence-electron chi connectivity index (χ0n) is 16.4. The van der Waals surface area contributed by atoms with Gasteiger partial charge in [-0.25, -0.2) is 9.78 Å². The van der Waals surface area contributed by atoms with E-state index in [4.69, 9.17) is 9.15 Å². The minimum atomic E-state index is -0.678. The third-order valence-corrected chi connectivity index (χ3v) is 4.82. The van der Waals surface area contributed by atoms with Gasteiger partial charge in [-0.15, -0.1) is 5.10 Å². The largest absolute Gasteiger partial charge is 0.451 e. The number of benzene rings is 2. The van der Waals surface area contributed by atoms with Crippen LogP contribution in [0.15, 0.2) is 76.4 Å². The van der Waals surface area contributed by atoms with Crippen molar-refractivity contribution in [3.63, 3.8) is 0 Å². The number of thioether (sulfide) groups is 1. The van der Waals surface area contributed by atoms with E-state index in [0.29, 0.717) is 5.16 Å². The molecule has 0 bridgehead atoms. The van der Waals surface area contributed by atoms with Crippen molar-refractivity contribution in [3.8, 4) is 17.1 Å². The van der Waals surface area contributed by atoms with Crippen molar-refractivity contribution >= 4 is 29.7 Å². The Morgan fingerprint density at radius 3 is 2.48 bits per heavy atom. The fourth-order valence-corrected chi connectivity index (χ4v) is 3.33. The van der Waals surface area contributed by atoms with E-state index in [1.54, 1.807) is 16.7 Å². The fourth-order valence-electron chi connectivity index (χ4n) is 2.78. The first-order valence-corrected chi connectivity index (χ1v) is 10.4. The molecule has 9 nitrogen and oxygen atoms in total. The maximum atomic E-state index is 12.6. The molecule has 156 valence electrons. The van der Waals surface area contributed by atoms with Crippen LogP contribution in [-0.2, 0) is 9.53 Å². The number of carbonyl (C=O) groups excluding carboxylic acids is 2. The molecule has 0 radical (unpaired) electrons. The molecule has 0 aliphatic heterocycles. The standard InChI is InChI=1S/C21H17N5O4S/c1-31-21-22-12-16(26(21)15-10-6-3-7-11-15)19(28)29-13-17(27)23-20-25-24-18(30-20)14-8-4-2-5-9-14/h2-12H,13H2,1H3,(H,23,25,27). The van der Waals surface area contributed by atoms with Gasteiger partial charge >= 0.3 is 12.0 Å². The van der Waals surface area contributed by atoms with Crippen LogP contribution >= 0.6 is 11.8 Å². The normalized spacial score (nSPS) is 10.6. The first-order chi connectivity index (χ1) is 15.2. The first-order valence-electron chi connectivity index (χ1n) is 9.19. The lowest BCUT2D eigenvalue weighted by Crippen LogP contribution is -2.22. The van der Waals surface area contributed by atoms with Crippen molar-refractivity contribution in [3.05, 3.63) is 72.6 Å². The molecule has 4 aromatic rings. The molecule has 1 amide bonds. The molecule has 0 atom stereocenters. The number of esters is 1. The lowest BCUT2D eigenvalue weighted by molar-refractivity contribution is -0.119. The van der Waals surface area contributed by atoms with Crippen molar-refractivity contribution in [1.82, 2.24) is 19.7 Å². The van der Waals surface area contributed by atoms with Gasteiger partial charge in [0.2, 0.25) is 5.89 Å². The fraction of sp³-hybridized carbons (Fsp3) is 0.0952.